The SMILES string of the molecule is CC1C(C(=O)O)CC(=O)N1Cc1ccc(Cl)cc1. The van der Waals surface area contributed by atoms with Gasteiger partial charge >= 0.3 is 5.97 Å². The van der Waals surface area contributed by atoms with Crippen LogP contribution < -0.4 is 0 Å². The van der Waals surface area contributed by atoms with Crippen molar-refractivity contribution in [2.45, 2.75) is 25.9 Å². The second kappa shape index (κ2) is 4.98. The van der Waals surface area contributed by atoms with Crippen LogP contribution in [0, 0.1) is 5.92 Å². The first-order valence-electron chi connectivity index (χ1n) is 5.75. The second-order valence-corrected chi connectivity index (χ2v) is 4.97. The number of benzene rings is 1. The van der Waals surface area contributed by atoms with Crippen molar-refractivity contribution >= 4 is 23.5 Å². The Labute approximate surface area is 110 Å². The number of carbonyl (C=O) groups is 2. The summed E-state index contributed by atoms with van der Waals surface area (Å²) in [4.78, 5) is 24.4. The molecule has 2 rings (SSSR count). The maximum Gasteiger partial charge on any atom is 0.309 e. The average Bonchev–Trinajstić information content (AvgIpc) is 2.60. The van der Waals surface area contributed by atoms with Gasteiger partial charge < -0.3 is 10.0 Å². The number of carboxylic acids is 1. The fraction of sp³-hybridized carbons (Fsp3) is 0.385. The van der Waals surface area contributed by atoms with Crippen molar-refractivity contribution in [3.63, 3.8) is 0 Å². The molecule has 1 heterocycles. The highest BCUT2D eigenvalue weighted by molar-refractivity contribution is 6.30. The Morgan fingerprint density at radius 3 is 2.56 bits per heavy atom. The van der Waals surface area contributed by atoms with E-state index in [0.717, 1.165) is 5.56 Å². The van der Waals surface area contributed by atoms with E-state index in [1.807, 2.05) is 12.1 Å². The van der Waals surface area contributed by atoms with E-state index in [1.54, 1.807) is 24.0 Å². The lowest BCUT2D eigenvalue weighted by atomic mass is 10.0. The third-order valence-electron chi connectivity index (χ3n) is 3.37. The smallest absolute Gasteiger partial charge is 0.309 e. The van der Waals surface area contributed by atoms with Gasteiger partial charge in [-0.2, -0.15) is 0 Å². The summed E-state index contributed by atoms with van der Waals surface area (Å²) in [6.07, 6.45) is 0.0874. The Morgan fingerprint density at radius 2 is 2.06 bits per heavy atom. The lowest BCUT2D eigenvalue weighted by Crippen LogP contribution is -2.34. The number of likely N-dealkylation sites (tertiary alicyclic amines) is 1. The van der Waals surface area contributed by atoms with Crippen molar-refractivity contribution in [2.24, 2.45) is 5.92 Å². The molecule has 1 aliphatic rings. The second-order valence-electron chi connectivity index (χ2n) is 4.54. The third-order valence-corrected chi connectivity index (χ3v) is 3.62. The Kier molecular flexibility index (Phi) is 3.57. The molecule has 0 saturated carbocycles. The van der Waals surface area contributed by atoms with E-state index >= 15 is 0 Å². The molecule has 1 saturated heterocycles. The zero-order valence-corrected chi connectivity index (χ0v) is 10.7. The maximum atomic E-state index is 11.8. The molecule has 0 bridgehead atoms. The Morgan fingerprint density at radius 1 is 1.44 bits per heavy atom. The number of hydrogen-bond donors (Lipinski definition) is 1. The predicted molar refractivity (Wildman–Crippen MR) is 67.2 cm³/mol. The molecule has 1 N–H and O–H groups in total. The largest absolute Gasteiger partial charge is 0.481 e. The number of halogens is 1. The van der Waals surface area contributed by atoms with Gasteiger partial charge in [0.1, 0.15) is 0 Å². The van der Waals surface area contributed by atoms with Crippen molar-refractivity contribution < 1.29 is 14.7 Å². The molecule has 1 amide bonds. The van der Waals surface area contributed by atoms with Gasteiger partial charge in [-0.3, -0.25) is 9.59 Å². The molecular formula is C13H14ClNO3. The highest BCUT2D eigenvalue weighted by Crippen LogP contribution is 2.27. The maximum absolute atomic E-state index is 11.8. The number of hydrogen-bond acceptors (Lipinski definition) is 2. The molecule has 0 aromatic heterocycles. The van der Waals surface area contributed by atoms with E-state index in [4.69, 9.17) is 16.7 Å². The van der Waals surface area contributed by atoms with Crippen molar-refractivity contribution in [3.05, 3.63) is 34.9 Å². The minimum Gasteiger partial charge on any atom is -0.481 e. The van der Waals surface area contributed by atoms with E-state index < -0.39 is 11.9 Å². The van der Waals surface area contributed by atoms with Crippen LogP contribution in [0.3, 0.4) is 0 Å². The number of aliphatic carboxylic acids is 1. The number of amides is 1. The van der Waals surface area contributed by atoms with E-state index in [2.05, 4.69) is 0 Å². The van der Waals surface area contributed by atoms with Crippen molar-refractivity contribution in [1.29, 1.82) is 0 Å². The first-order chi connectivity index (χ1) is 8.49. The summed E-state index contributed by atoms with van der Waals surface area (Å²) in [5.41, 5.74) is 0.950. The van der Waals surface area contributed by atoms with Crippen LogP contribution >= 0.6 is 11.6 Å². The van der Waals surface area contributed by atoms with Gasteiger partial charge in [0, 0.05) is 24.0 Å². The lowest BCUT2D eigenvalue weighted by Gasteiger charge is -2.23. The van der Waals surface area contributed by atoms with E-state index in [-0.39, 0.29) is 18.4 Å². The zero-order valence-electron chi connectivity index (χ0n) is 9.97. The predicted octanol–water partition coefficient (Wildman–Crippen LogP) is 2.16. The molecule has 96 valence electrons. The normalized spacial score (nSPS) is 23.4. The topological polar surface area (TPSA) is 57.6 Å². The van der Waals surface area contributed by atoms with Crippen molar-refractivity contribution in [2.75, 3.05) is 0 Å². The van der Waals surface area contributed by atoms with Crippen LogP contribution in [0.25, 0.3) is 0 Å². The molecule has 2 unspecified atom stereocenters. The fourth-order valence-electron chi connectivity index (χ4n) is 2.23. The molecule has 0 radical (unpaired) electrons. The molecule has 18 heavy (non-hydrogen) atoms. The van der Waals surface area contributed by atoms with E-state index in [0.29, 0.717) is 11.6 Å². The first kappa shape index (κ1) is 12.9. The summed E-state index contributed by atoms with van der Waals surface area (Å²) in [5, 5.41) is 9.67. The van der Waals surface area contributed by atoms with Crippen LogP contribution in [0.2, 0.25) is 5.02 Å². The Balaban J connectivity index is 2.12. The molecule has 5 heteroatoms. The van der Waals surface area contributed by atoms with Crippen molar-refractivity contribution in [3.8, 4) is 0 Å². The third kappa shape index (κ3) is 2.48. The van der Waals surface area contributed by atoms with Gasteiger partial charge in [0.05, 0.1) is 5.92 Å². The number of carbonyl (C=O) groups excluding carboxylic acids is 1. The van der Waals surface area contributed by atoms with Gasteiger partial charge in [-0.1, -0.05) is 23.7 Å². The van der Waals surface area contributed by atoms with Gasteiger partial charge in [0.25, 0.3) is 0 Å². The van der Waals surface area contributed by atoms with Crippen LogP contribution in [0.4, 0.5) is 0 Å². The summed E-state index contributed by atoms with van der Waals surface area (Å²) in [7, 11) is 0. The Bertz CT molecular complexity index is 472. The fourth-order valence-corrected chi connectivity index (χ4v) is 2.36. The molecule has 0 aliphatic carbocycles. The van der Waals surface area contributed by atoms with Crippen molar-refractivity contribution in [1.82, 2.24) is 4.90 Å². The quantitative estimate of drug-likeness (QED) is 0.913. The standard InChI is InChI=1S/C13H14ClNO3/c1-8-11(13(17)18)6-12(16)15(8)7-9-2-4-10(14)5-3-9/h2-5,8,11H,6-7H2,1H3,(H,17,18). The summed E-state index contributed by atoms with van der Waals surface area (Å²) >= 11 is 5.79. The van der Waals surface area contributed by atoms with Crippen LogP contribution in [-0.2, 0) is 16.1 Å². The van der Waals surface area contributed by atoms with Gasteiger partial charge in [-0.05, 0) is 24.6 Å². The monoisotopic (exact) mass is 267 g/mol. The minimum atomic E-state index is -0.908. The summed E-state index contributed by atoms with van der Waals surface area (Å²) in [6.45, 7) is 2.21. The molecule has 1 fully saturated rings. The van der Waals surface area contributed by atoms with Gasteiger partial charge in [-0.25, -0.2) is 0 Å². The number of carboxylic acid groups (broad SMARTS) is 1. The van der Waals surface area contributed by atoms with Gasteiger partial charge in [-0.15, -0.1) is 0 Å². The molecule has 1 aromatic rings. The van der Waals surface area contributed by atoms with Gasteiger partial charge in [0.2, 0.25) is 5.91 Å². The average molecular weight is 268 g/mol. The van der Waals surface area contributed by atoms with Crippen LogP contribution in [-0.4, -0.2) is 27.9 Å². The molecule has 2 atom stereocenters. The summed E-state index contributed by atoms with van der Waals surface area (Å²) < 4.78 is 0. The number of rotatable bonds is 3. The molecular weight excluding hydrogens is 254 g/mol. The summed E-state index contributed by atoms with van der Waals surface area (Å²) in [5.74, 6) is -1.62. The van der Waals surface area contributed by atoms with Crippen LogP contribution in [0.15, 0.2) is 24.3 Å². The molecule has 1 aromatic carbocycles. The molecule has 0 spiro atoms. The molecule has 1 aliphatic heterocycles. The first-order valence-corrected chi connectivity index (χ1v) is 6.13. The van der Waals surface area contributed by atoms with E-state index in [1.165, 1.54) is 0 Å². The minimum absolute atomic E-state index is 0.0874. The van der Waals surface area contributed by atoms with Gasteiger partial charge in [0.15, 0.2) is 0 Å². The summed E-state index contributed by atoms with van der Waals surface area (Å²) in [6, 6.07) is 6.94. The number of nitrogens with zero attached hydrogens (tertiary/aromatic N) is 1. The molecule has 4 nitrogen and oxygen atoms in total. The zero-order chi connectivity index (χ0) is 13.3. The lowest BCUT2D eigenvalue weighted by molar-refractivity contribution is -0.142. The highest BCUT2D eigenvalue weighted by Gasteiger charge is 2.40. The van der Waals surface area contributed by atoms with Crippen LogP contribution in [0.5, 0.6) is 0 Å². The van der Waals surface area contributed by atoms with E-state index in [9.17, 15) is 9.59 Å². The highest BCUT2D eigenvalue weighted by atomic mass is 35.5. The van der Waals surface area contributed by atoms with Crippen LogP contribution in [0.1, 0.15) is 18.9 Å². The Hall–Kier alpha value is -1.55.